The Morgan fingerprint density at radius 1 is 1.03 bits per heavy atom. The highest BCUT2D eigenvalue weighted by molar-refractivity contribution is 6.04. The molecule has 1 amide bonds. The molecule has 2 aromatic carbocycles. The predicted molar refractivity (Wildman–Crippen MR) is 123 cm³/mol. The van der Waals surface area contributed by atoms with Crippen molar-refractivity contribution in [3.63, 3.8) is 0 Å². The summed E-state index contributed by atoms with van der Waals surface area (Å²) in [6.45, 7) is 0. The van der Waals surface area contributed by atoms with Gasteiger partial charge in [-0.25, -0.2) is 9.59 Å². The number of aromatic nitrogens is 4. The lowest BCUT2D eigenvalue weighted by molar-refractivity contribution is 0.203. The summed E-state index contributed by atoms with van der Waals surface area (Å²) in [4.78, 5) is 34.3. The Balaban J connectivity index is 1.77. The molecule has 0 aliphatic heterocycles. The van der Waals surface area contributed by atoms with Crippen LogP contribution in [-0.4, -0.2) is 37.3 Å². The summed E-state index contributed by atoms with van der Waals surface area (Å²) in [5.74, 6) is 0. The van der Waals surface area contributed by atoms with Crippen LogP contribution in [0.15, 0.2) is 78.0 Å². The first-order valence-corrected chi connectivity index (χ1v) is 9.93. The molecule has 3 aromatic heterocycles. The van der Waals surface area contributed by atoms with E-state index in [2.05, 4.69) is 9.97 Å². The summed E-state index contributed by atoms with van der Waals surface area (Å²) in [5.41, 5.74) is 5.11. The SMILES string of the molecule is CN(C(=O)O)c1ccc(-n2c(=O)n(C)c3cnc4ccc(-c5cccnc5)cc4c32)cc1. The fourth-order valence-electron chi connectivity index (χ4n) is 3.89. The number of hydrogen-bond donors (Lipinski definition) is 1. The van der Waals surface area contributed by atoms with Crippen molar-refractivity contribution in [2.75, 3.05) is 11.9 Å². The number of nitrogens with zero attached hydrogens (tertiary/aromatic N) is 5. The van der Waals surface area contributed by atoms with Crippen molar-refractivity contribution in [2.24, 2.45) is 7.05 Å². The first-order chi connectivity index (χ1) is 15.5. The minimum atomic E-state index is -1.06. The van der Waals surface area contributed by atoms with Gasteiger partial charge in [-0.05, 0) is 48.0 Å². The number of carboxylic acid groups (broad SMARTS) is 1. The van der Waals surface area contributed by atoms with Gasteiger partial charge in [0.25, 0.3) is 0 Å². The highest BCUT2D eigenvalue weighted by Crippen LogP contribution is 2.29. The topological polar surface area (TPSA) is 93.2 Å². The van der Waals surface area contributed by atoms with Crippen LogP contribution in [0, 0.1) is 0 Å². The van der Waals surface area contributed by atoms with Crippen LogP contribution >= 0.6 is 0 Å². The fraction of sp³-hybridized carbons (Fsp3) is 0.0833. The largest absolute Gasteiger partial charge is 0.465 e. The van der Waals surface area contributed by atoms with Gasteiger partial charge in [-0.1, -0.05) is 12.1 Å². The Hall–Kier alpha value is -4.46. The van der Waals surface area contributed by atoms with Crippen LogP contribution in [0.4, 0.5) is 10.5 Å². The maximum Gasteiger partial charge on any atom is 0.411 e. The molecule has 8 nitrogen and oxygen atoms in total. The van der Waals surface area contributed by atoms with E-state index in [0.29, 0.717) is 16.9 Å². The lowest BCUT2D eigenvalue weighted by atomic mass is 10.0. The minimum absolute atomic E-state index is 0.208. The van der Waals surface area contributed by atoms with E-state index >= 15 is 0 Å². The van der Waals surface area contributed by atoms with Crippen molar-refractivity contribution >= 4 is 33.7 Å². The molecule has 0 saturated carbocycles. The van der Waals surface area contributed by atoms with Gasteiger partial charge >= 0.3 is 11.8 Å². The molecule has 0 radical (unpaired) electrons. The second-order valence-electron chi connectivity index (χ2n) is 7.50. The quantitative estimate of drug-likeness (QED) is 0.471. The van der Waals surface area contributed by atoms with Crippen LogP contribution < -0.4 is 10.6 Å². The average molecular weight is 425 g/mol. The molecular formula is C24H19N5O3. The van der Waals surface area contributed by atoms with Gasteiger partial charge in [0.1, 0.15) is 0 Å². The highest BCUT2D eigenvalue weighted by atomic mass is 16.4. The molecule has 158 valence electrons. The third-order valence-electron chi connectivity index (χ3n) is 5.66. The van der Waals surface area contributed by atoms with Gasteiger partial charge < -0.3 is 5.11 Å². The van der Waals surface area contributed by atoms with Crippen molar-refractivity contribution in [2.45, 2.75) is 0 Å². The Bertz CT molecular complexity index is 1540. The molecule has 0 aliphatic rings. The summed E-state index contributed by atoms with van der Waals surface area (Å²) >= 11 is 0. The summed E-state index contributed by atoms with van der Waals surface area (Å²) in [6.07, 6.45) is 4.17. The first-order valence-electron chi connectivity index (χ1n) is 9.93. The van der Waals surface area contributed by atoms with Crippen LogP contribution in [0.3, 0.4) is 0 Å². The van der Waals surface area contributed by atoms with Crippen molar-refractivity contribution < 1.29 is 9.90 Å². The zero-order chi connectivity index (χ0) is 22.4. The number of aryl methyl sites for hydroxylation is 1. The molecule has 0 saturated heterocycles. The fourth-order valence-corrected chi connectivity index (χ4v) is 3.89. The monoisotopic (exact) mass is 425 g/mol. The van der Waals surface area contributed by atoms with Crippen LogP contribution in [-0.2, 0) is 7.05 Å². The number of benzene rings is 2. The second kappa shape index (κ2) is 7.35. The van der Waals surface area contributed by atoms with Gasteiger partial charge in [-0.15, -0.1) is 0 Å². The molecule has 1 N–H and O–H groups in total. The van der Waals surface area contributed by atoms with E-state index in [0.717, 1.165) is 32.4 Å². The van der Waals surface area contributed by atoms with Gasteiger partial charge in [0, 0.05) is 43.1 Å². The van der Waals surface area contributed by atoms with Crippen LogP contribution in [0.25, 0.3) is 38.8 Å². The molecule has 0 atom stereocenters. The number of amides is 1. The van der Waals surface area contributed by atoms with Crippen LogP contribution in [0.5, 0.6) is 0 Å². The van der Waals surface area contributed by atoms with E-state index in [1.807, 2.05) is 30.3 Å². The standard InChI is InChI=1S/C24H19N5O3/c1-27(24(31)32)17-6-8-18(9-7-17)29-22-19-12-15(16-4-3-11-25-13-16)5-10-20(19)26-14-21(22)28(2)23(29)30/h3-14H,1-2H3,(H,31,32). The highest BCUT2D eigenvalue weighted by Gasteiger charge is 2.17. The maximum atomic E-state index is 13.2. The molecule has 32 heavy (non-hydrogen) atoms. The van der Waals surface area contributed by atoms with E-state index in [1.165, 1.54) is 7.05 Å². The van der Waals surface area contributed by atoms with E-state index in [9.17, 15) is 14.7 Å². The van der Waals surface area contributed by atoms with Gasteiger partial charge in [-0.2, -0.15) is 0 Å². The number of fused-ring (bicyclic) bond motifs is 3. The Morgan fingerprint density at radius 3 is 2.50 bits per heavy atom. The van der Waals surface area contributed by atoms with Crippen molar-refractivity contribution in [3.8, 4) is 16.8 Å². The summed E-state index contributed by atoms with van der Waals surface area (Å²) in [6, 6.07) is 16.6. The zero-order valence-electron chi connectivity index (χ0n) is 17.4. The Kier molecular flexibility index (Phi) is 4.48. The van der Waals surface area contributed by atoms with Crippen LogP contribution in [0.1, 0.15) is 0 Å². The third-order valence-corrected chi connectivity index (χ3v) is 5.66. The molecule has 0 unspecified atom stereocenters. The lowest BCUT2D eigenvalue weighted by Crippen LogP contribution is -2.24. The van der Waals surface area contributed by atoms with E-state index in [4.69, 9.17) is 0 Å². The predicted octanol–water partition coefficient (Wildman–Crippen LogP) is 4.05. The number of anilines is 1. The average Bonchev–Trinajstić information content (AvgIpc) is 3.09. The molecule has 8 heteroatoms. The molecule has 0 spiro atoms. The summed E-state index contributed by atoms with van der Waals surface area (Å²) in [5, 5.41) is 10.0. The normalized spacial score (nSPS) is 11.2. The summed E-state index contributed by atoms with van der Waals surface area (Å²) < 4.78 is 3.20. The number of pyridine rings is 2. The molecule has 0 aliphatic carbocycles. The zero-order valence-corrected chi connectivity index (χ0v) is 17.4. The Labute approximate surface area is 182 Å². The molecule has 3 heterocycles. The number of hydrogen-bond acceptors (Lipinski definition) is 4. The minimum Gasteiger partial charge on any atom is -0.465 e. The van der Waals surface area contributed by atoms with Gasteiger partial charge in [-0.3, -0.25) is 24.0 Å². The lowest BCUT2D eigenvalue weighted by Gasteiger charge is -2.14. The third kappa shape index (κ3) is 3.01. The van der Waals surface area contributed by atoms with Gasteiger partial charge in [0.2, 0.25) is 0 Å². The Morgan fingerprint density at radius 2 is 1.81 bits per heavy atom. The van der Waals surface area contributed by atoms with E-state index in [-0.39, 0.29) is 5.69 Å². The molecule has 0 bridgehead atoms. The first kappa shape index (κ1) is 19.5. The van der Waals surface area contributed by atoms with Crippen molar-refractivity contribution in [1.29, 1.82) is 0 Å². The summed E-state index contributed by atoms with van der Waals surface area (Å²) in [7, 11) is 3.19. The van der Waals surface area contributed by atoms with Gasteiger partial charge in [0.05, 0.1) is 28.4 Å². The van der Waals surface area contributed by atoms with Gasteiger partial charge in [0.15, 0.2) is 0 Å². The smallest absolute Gasteiger partial charge is 0.411 e. The number of imidazole rings is 1. The molecular weight excluding hydrogens is 406 g/mol. The molecule has 5 aromatic rings. The number of rotatable bonds is 3. The van der Waals surface area contributed by atoms with E-state index in [1.54, 1.807) is 59.0 Å². The van der Waals surface area contributed by atoms with Crippen molar-refractivity contribution in [1.82, 2.24) is 19.1 Å². The number of carbonyl (C=O) groups is 1. The van der Waals surface area contributed by atoms with Crippen molar-refractivity contribution in [3.05, 3.63) is 83.7 Å². The molecule has 0 fully saturated rings. The van der Waals surface area contributed by atoms with E-state index < -0.39 is 6.09 Å². The maximum absolute atomic E-state index is 13.2. The van der Waals surface area contributed by atoms with Crippen LogP contribution in [0.2, 0.25) is 0 Å². The second-order valence-corrected chi connectivity index (χ2v) is 7.50. The molecule has 5 rings (SSSR count).